The van der Waals surface area contributed by atoms with E-state index in [4.69, 9.17) is 4.98 Å². The predicted octanol–water partition coefficient (Wildman–Crippen LogP) is 3.76. The van der Waals surface area contributed by atoms with Crippen LogP contribution in [0.15, 0.2) is 12.1 Å². The lowest BCUT2D eigenvalue weighted by molar-refractivity contribution is 0.198. The number of nitrogens with zero attached hydrogens (tertiary/aromatic N) is 2. The standard InChI is InChI=1S/C18H31N3/c1-6-19-13-15-7-8-17(20-14(15)2)21-11-9-16(10-12-21)18(3,4)5/h7-8,16,19H,6,9-13H2,1-5H3. The van der Waals surface area contributed by atoms with Gasteiger partial charge in [-0.2, -0.15) is 0 Å². The van der Waals surface area contributed by atoms with Gasteiger partial charge in [-0.05, 0) is 49.3 Å². The van der Waals surface area contributed by atoms with Gasteiger partial charge in [0.25, 0.3) is 0 Å². The Morgan fingerprint density at radius 1 is 1.24 bits per heavy atom. The van der Waals surface area contributed by atoms with Crippen LogP contribution in [-0.4, -0.2) is 24.6 Å². The van der Waals surface area contributed by atoms with Crippen molar-refractivity contribution in [3.05, 3.63) is 23.4 Å². The summed E-state index contributed by atoms with van der Waals surface area (Å²) < 4.78 is 0. The number of hydrogen-bond donors (Lipinski definition) is 1. The second kappa shape index (κ2) is 6.78. The molecule has 3 heteroatoms. The molecule has 1 aliphatic rings. The Kier molecular flexibility index (Phi) is 5.26. The Labute approximate surface area is 130 Å². The highest BCUT2D eigenvalue weighted by molar-refractivity contribution is 5.42. The van der Waals surface area contributed by atoms with E-state index in [9.17, 15) is 0 Å². The van der Waals surface area contributed by atoms with E-state index in [1.165, 1.54) is 18.4 Å². The van der Waals surface area contributed by atoms with E-state index in [-0.39, 0.29) is 0 Å². The zero-order valence-electron chi connectivity index (χ0n) is 14.4. The summed E-state index contributed by atoms with van der Waals surface area (Å²) in [5.74, 6) is 1.99. The third kappa shape index (κ3) is 4.19. The van der Waals surface area contributed by atoms with Crippen LogP contribution in [0.25, 0.3) is 0 Å². The molecule has 0 saturated carbocycles. The van der Waals surface area contributed by atoms with Crippen LogP contribution in [-0.2, 0) is 6.54 Å². The molecule has 0 unspecified atom stereocenters. The highest BCUT2D eigenvalue weighted by atomic mass is 15.2. The van der Waals surface area contributed by atoms with Crippen LogP contribution in [0, 0.1) is 18.3 Å². The van der Waals surface area contributed by atoms with Crippen LogP contribution in [0.1, 0.15) is 51.8 Å². The average molecular weight is 289 g/mol. The lowest BCUT2D eigenvalue weighted by Gasteiger charge is -2.39. The van der Waals surface area contributed by atoms with Crippen molar-refractivity contribution in [2.24, 2.45) is 11.3 Å². The highest BCUT2D eigenvalue weighted by Gasteiger charge is 2.29. The first-order chi connectivity index (χ1) is 9.91. The highest BCUT2D eigenvalue weighted by Crippen LogP contribution is 2.35. The molecule has 2 rings (SSSR count). The molecule has 2 heterocycles. The van der Waals surface area contributed by atoms with E-state index in [2.05, 4.69) is 57.0 Å². The van der Waals surface area contributed by atoms with E-state index in [1.54, 1.807) is 0 Å². The van der Waals surface area contributed by atoms with Gasteiger partial charge < -0.3 is 10.2 Å². The van der Waals surface area contributed by atoms with Crippen molar-refractivity contribution >= 4 is 5.82 Å². The van der Waals surface area contributed by atoms with Crippen molar-refractivity contribution in [3.8, 4) is 0 Å². The van der Waals surface area contributed by atoms with E-state index < -0.39 is 0 Å². The number of anilines is 1. The molecule has 0 spiro atoms. The molecule has 1 saturated heterocycles. The summed E-state index contributed by atoms with van der Waals surface area (Å²) in [6.07, 6.45) is 2.56. The molecule has 1 N–H and O–H groups in total. The fourth-order valence-corrected chi connectivity index (χ4v) is 3.17. The number of nitrogens with one attached hydrogen (secondary N) is 1. The van der Waals surface area contributed by atoms with Gasteiger partial charge in [-0.1, -0.05) is 33.8 Å². The van der Waals surface area contributed by atoms with E-state index in [0.29, 0.717) is 5.41 Å². The summed E-state index contributed by atoms with van der Waals surface area (Å²) in [5, 5.41) is 3.37. The first kappa shape index (κ1) is 16.3. The number of hydrogen-bond acceptors (Lipinski definition) is 3. The smallest absolute Gasteiger partial charge is 0.128 e. The summed E-state index contributed by atoms with van der Waals surface area (Å²) in [4.78, 5) is 7.27. The van der Waals surface area contributed by atoms with Gasteiger partial charge in [-0.25, -0.2) is 4.98 Å². The number of piperidine rings is 1. The van der Waals surface area contributed by atoms with Crippen LogP contribution in [0.5, 0.6) is 0 Å². The van der Waals surface area contributed by atoms with E-state index in [1.807, 2.05) is 0 Å². The Morgan fingerprint density at radius 2 is 1.90 bits per heavy atom. The minimum atomic E-state index is 0.436. The molecule has 0 amide bonds. The van der Waals surface area contributed by atoms with Gasteiger partial charge in [-0.3, -0.25) is 0 Å². The molecule has 0 radical (unpaired) electrons. The lowest BCUT2D eigenvalue weighted by Crippen LogP contribution is -2.38. The normalized spacial score (nSPS) is 17.3. The van der Waals surface area contributed by atoms with Crippen molar-refractivity contribution in [3.63, 3.8) is 0 Å². The van der Waals surface area contributed by atoms with Crippen molar-refractivity contribution < 1.29 is 0 Å². The van der Waals surface area contributed by atoms with Gasteiger partial charge in [0.05, 0.1) is 0 Å². The molecular formula is C18H31N3. The van der Waals surface area contributed by atoms with Crippen LogP contribution >= 0.6 is 0 Å². The van der Waals surface area contributed by atoms with Crippen LogP contribution in [0.3, 0.4) is 0 Å². The van der Waals surface area contributed by atoms with Gasteiger partial charge in [0.2, 0.25) is 0 Å². The molecule has 1 fully saturated rings. The molecule has 0 bridgehead atoms. The molecule has 0 atom stereocenters. The van der Waals surface area contributed by atoms with Crippen molar-refractivity contribution in [1.29, 1.82) is 0 Å². The summed E-state index contributed by atoms with van der Waals surface area (Å²) in [6, 6.07) is 4.42. The SMILES string of the molecule is CCNCc1ccc(N2CCC(C(C)(C)C)CC2)nc1C. The molecule has 118 valence electrons. The first-order valence-corrected chi connectivity index (χ1v) is 8.34. The zero-order valence-corrected chi connectivity index (χ0v) is 14.4. The van der Waals surface area contributed by atoms with Crippen molar-refractivity contribution in [2.75, 3.05) is 24.5 Å². The minimum absolute atomic E-state index is 0.436. The largest absolute Gasteiger partial charge is 0.357 e. The Morgan fingerprint density at radius 3 is 2.43 bits per heavy atom. The quantitative estimate of drug-likeness (QED) is 0.914. The predicted molar refractivity (Wildman–Crippen MR) is 90.7 cm³/mol. The fourth-order valence-electron chi connectivity index (χ4n) is 3.17. The maximum absolute atomic E-state index is 4.82. The Bertz CT molecular complexity index is 454. The van der Waals surface area contributed by atoms with Gasteiger partial charge >= 0.3 is 0 Å². The summed E-state index contributed by atoms with van der Waals surface area (Å²) >= 11 is 0. The van der Waals surface area contributed by atoms with Crippen molar-refractivity contribution in [2.45, 2.75) is 54.0 Å². The Balaban J connectivity index is 1.99. The lowest BCUT2D eigenvalue weighted by atomic mass is 9.75. The Hall–Kier alpha value is -1.09. The zero-order chi connectivity index (χ0) is 15.5. The van der Waals surface area contributed by atoms with Gasteiger partial charge in [0, 0.05) is 25.3 Å². The monoisotopic (exact) mass is 289 g/mol. The van der Waals surface area contributed by atoms with Crippen LogP contribution < -0.4 is 10.2 Å². The molecule has 21 heavy (non-hydrogen) atoms. The van der Waals surface area contributed by atoms with Gasteiger partial charge in [0.15, 0.2) is 0 Å². The van der Waals surface area contributed by atoms with Crippen LogP contribution in [0.4, 0.5) is 5.82 Å². The second-order valence-electron chi connectivity index (χ2n) is 7.32. The second-order valence-corrected chi connectivity index (χ2v) is 7.32. The summed E-state index contributed by atoms with van der Waals surface area (Å²) in [5.41, 5.74) is 2.90. The first-order valence-electron chi connectivity index (χ1n) is 8.34. The molecule has 3 nitrogen and oxygen atoms in total. The maximum atomic E-state index is 4.82. The summed E-state index contributed by atoms with van der Waals surface area (Å²) in [7, 11) is 0. The summed E-state index contributed by atoms with van der Waals surface area (Å²) in [6.45, 7) is 15.6. The number of rotatable bonds is 4. The molecule has 1 aromatic rings. The topological polar surface area (TPSA) is 28.2 Å². The van der Waals surface area contributed by atoms with E-state index in [0.717, 1.165) is 43.6 Å². The number of pyridine rings is 1. The maximum Gasteiger partial charge on any atom is 0.128 e. The molecule has 0 aliphatic carbocycles. The molecule has 1 aliphatic heterocycles. The van der Waals surface area contributed by atoms with Gasteiger partial charge in [0.1, 0.15) is 5.82 Å². The molecule has 0 aromatic carbocycles. The number of aromatic nitrogens is 1. The fraction of sp³-hybridized carbons (Fsp3) is 0.722. The van der Waals surface area contributed by atoms with Crippen LogP contribution in [0.2, 0.25) is 0 Å². The van der Waals surface area contributed by atoms with Gasteiger partial charge in [-0.15, -0.1) is 0 Å². The molecular weight excluding hydrogens is 258 g/mol. The third-order valence-corrected chi connectivity index (χ3v) is 4.79. The average Bonchev–Trinajstić information content (AvgIpc) is 2.45. The number of aryl methyl sites for hydroxylation is 1. The molecule has 1 aromatic heterocycles. The van der Waals surface area contributed by atoms with Crippen molar-refractivity contribution in [1.82, 2.24) is 10.3 Å². The minimum Gasteiger partial charge on any atom is -0.357 e. The third-order valence-electron chi connectivity index (χ3n) is 4.79. The van der Waals surface area contributed by atoms with E-state index >= 15 is 0 Å².